The van der Waals surface area contributed by atoms with E-state index < -0.39 is 0 Å². The van der Waals surface area contributed by atoms with Gasteiger partial charge in [0.2, 0.25) is 0 Å². The molecular weight excluding hydrogens is 514 g/mol. The topological polar surface area (TPSA) is 93.4 Å². The maximum absolute atomic E-state index is 13.1. The number of nitrogens with zero attached hydrogens (tertiary/aromatic N) is 5. The molecule has 2 aromatic heterocycles. The molecule has 0 radical (unpaired) electrons. The van der Waals surface area contributed by atoms with Crippen LogP contribution in [0.5, 0.6) is 0 Å². The summed E-state index contributed by atoms with van der Waals surface area (Å²) in [4.78, 5) is 35.6. The molecule has 1 atom stereocenters. The molecule has 0 unspecified atom stereocenters. The number of imidazole rings is 2. The maximum Gasteiger partial charge on any atom is 0.323 e. The van der Waals surface area contributed by atoms with Crippen LogP contribution in [-0.4, -0.2) is 79.4 Å². The van der Waals surface area contributed by atoms with Crippen molar-refractivity contribution in [3.05, 3.63) is 71.8 Å². The SMILES string of the molecule is CCOC(=O)[C@H]1CC2(CCN(CC(C)(C)C)CC2)CN1Cc1ccc(CN(Cc2ncc[nH]2)Cc2ncc[nH]2)cc1. The summed E-state index contributed by atoms with van der Waals surface area (Å²) < 4.78 is 5.55. The van der Waals surface area contributed by atoms with E-state index in [4.69, 9.17) is 4.74 Å². The number of hydrogen-bond acceptors (Lipinski definition) is 7. The van der Waals surface area contributed by atoms with Crippen molar-refractivity contribution in [1.82, 2.24) is 34.6 Å². The second-order valence-electron chi connectivity index (χ2n) is 13.2. The van der Waals surface area contributed by atoms with Gasteiger partial charge in [-0.3, -0.25) is 14.6 Å². The minimum atomic E-state index is -0.166. The van der Waals surface area contributed by atoms with E-state index in [9.17, 15) is 4.79 Å². The van der Waals surface area contributed by atoms with Gasteiger partial charge in [0.05, 0.1) is 19.7 Å². The van der Waals surface area contributed by atoms with Gasteiger partial charge in [0.1, 0.15) is 17.7 Å². The minimum absolute atomic E-state index is 0.0652. The van der Waals surface area contributed by atoms with E-state index in [2.05, 4.69) is 79.7 Å². The number of aromatic amines is 2. The summed E-state index contributed by atoms with van der Waals surface area (Å²) in [6.45, 7) is 16.5. The highest BCUT2D eigenvalue weighted by Crippen LogP contribution is 2.44. The van der Waals surface area contributed by atoms with Gasteiger partial charge in [0.15, 0.2) is 0 Å². The Morgan fingerprint density at radius 3 is 2.15 bits per heavy atom. The van der Waals surface area contributed by atoms with Gasteiger partial charge in [-0.15, -0.1) is 0 Å². The molecule has 1 aromatic carbocycles. The minimum Gasteiger partial charge on any atom is -0.465 e. The molecule has 3 aromatic rings. The van der Waals surface area contributed by atoms with Crippen molar-refractivity contribution in [3.63, 3.8) is 0 Å². The van der Waals surface area contributed by atoms with Crippen molar-refractivity contribution in [2.75, 3.05) is 32.8 Å². The predicted octanol–water partition coefficient (Wildman–Crippen LogP) is 4.60. The van der Waals surface area contributed by atoms with E-state index in [1.54, 1.807) is 12.4 Å². The lowest BCUT2D eigenvalue weighted by Gasteiger charge is -2.41. The van der Waals surface area contributed by atoms with E-state index in [1.165, 1.54) is 11.1 Å². The molecular formula is C32H47N7O2. The van der Waals surface area contributed by atoms with Crippen LogP contribution >= 0.6 is 0 Å². The second-order valence-corrected chi connectivity index (χ2v) is 13.2. The first-order chi connectivity index (χ1) is 19.7. The van der Waals surface area contributed by atoms with Gasteiger partial charge in [-0.2, -0.15) is 0 Å². The molecule has 9 heteroatoms. The third-order valence-corrected chi connectivity index (χ3v) is 8.45. The van der Waals surface area contributed by atoms with Gasteiger partial charge in [-0.25, -0.2) is 9.97 Å². The molecule has 0 amide bonds. The number of carbonyl (C=O) groups excluding carboxylic acids is 1. The molecule has 41 heavy (non-hydrogen) atoms. The first-order valence-electron chi connectivity index (χ1n) is 15.1. The lowest BCUT2D eigenvalue weighted by molar-refractivity contribution is -0.148. The number of hydrogen-bond donors (Lipinski definition) is 2. The van der Waals surface area contributed by atoms with Crippen LogP contribution in [0.3, 0.4) is 0 Å². The van der Waals surface area contributed by atoms with Gasteiger partial charge in [0, 0.05) is 51.0 Å². The number of nitrogens with one attached hydrogen (secondary N) is 2. The quantitative estimate of drug-likeness (QED) is 0.331. The number of aromatic nitrogens is 4. The zero-order chi connectivity index (χ0) is 28.9. The van der Waals surface area contributed by atoms with Gasteiger partial charge in [-0.1, -0.05) is 45.0 Å². The highest BCUT2D eigenvalue weighted by atomic mass is 16.5. The molecule has 1 spiro atoms. The molecule has 2 N–H and O–H groups in total. The first-order valence-corrected chi connectivity index (χ1v) is 15.1. The fraction of sp³-hybridized carbons (Fsp3) is 0.594. The van der Waals surface area contributed by atoms with Gasteiger partial charge < -0.3 is 19.6 Å². The summed E-state index contributed by atoms with van der Waals surface area (Å²) in [5.41, 5.74) is 2.97. The van der Waals surface area contributed by atoms with Crippen LogP contribution in [0.25, 0.3) is 0 Å². The third kappa shape index (κ3) is 8.05. The number of piperidine rings is 1. The molecule has 0 bridgehead atoms. The largest absolute Gasteiger partial charge is 0.465 e. The average molecular weight is 562 g/mol. The number of carbonyl (C=O) groups is 1. The Kier molecular flexibility index (Phi) is 9.26. The Bertz CT molecular complexity index is 1170. The lowest BCUT2D eigenvalue weighted by Crippen LogP contribution is -2.44. The molecule has 0 saturated carbocycles. The Morgan fingerprint density at radius 2 is 1.61 bits per heavy atom. The zero-order valence-corrected chi connectivity index (χ0v) is 25.2. The average Bonchev–Trinajstić information content (AvgIpc) is 3.69. The summed E-state index contributed by atoms with van der Waals surface area (Å²) in [6.07, 6.45) is 10.5. The van der Waals surface area contributed by atoms with Crippen molar-refractivity contribution in [2.24, 2.45) is 10.8 Å². The van der Waals surface area contributed by atoms with E-state index in [1.807, 2.05) is 19.3 Å². The van der Waals surface area contributed by atoms with Crippen LogP contribution in [-0.2, 0) is 35.7 Å². The molecule has 222 valence electrons. The van der Waals surface area contributed by atoms with E-state index in [-0.39, 0.29) is 17.4 Å². The van der Waals surface area contributed by atoms with Crippen LogP contribution in [0.1, 0.15) is 69.7 Å². The Labute approximate surface area is 244 Å². The van der Waals surface area contributed by atoms with Crippen LogP contribution in [0.15, 0.2) is 49.1 Å². The number of rotatable bonds is 11. The van der Waals surface area contributed by atoms with Crippen molar-refractivity contribution >= 4 is 5.97 Å². The predicted molar refractivity (Wildman–Crippen MR) is 160 cm³/mol. The van der Waals surface area contributed by atoms with Crippen molar-refractivity contribution in [3.8, 4) is 0 Å². The van der Waals surface area contributed by atoms with E-state index in [0.29, 0.717) is 25.1 Å². The number of ether oxygens (including phenoxy) is 1. The number of esters is 1. The van der Waals surface area contributed by atoms with Crippen LogP contribution in [0.2, 0.25) is 0 Å². The smallest absolute Gasteiger partial charge is 0.323 e. The van der Waals surface area contributed by atoms with Gasteiger partial charge in [0.25, 0.3) is 0 Å². The summed E-state index contributed by atoms with van der Waals surface area (Å²) in [5, 5.41) is 0. The molecule has 4 heterocycles. The van der Waals surface area contributed by atoms with Gasteiger partial charge >= 0.3 is 5.97 Å². The maximum atomic E-state index is 13.1. The van der Waals surface area contributed by atoms with Crippen LogP contribution in [0.4, 0.5) is 0 Å². The molecule has 9 nitrogen and oxygen atoms in total. The summed E-state index contributed by atoms with van der Waals surface area (Å²) in [6, 6.07) is 8.69. The first kappa shape index (κ1) is 29.5. The van der Waals surface area contributed by atoms with E-state index >= 15 is 0 Å². The summed E-state index contributed by atoms with van der Waals surface area (Å²) in [7, 11) is 0. The standard InChI is InChI=1S/C32H47N7O2/c1-5-41-30(40)27-18-32(10-16-37(17-11-32)23-31(2,3)4)24-39(27)20-26-8-6-25(7-9-26)19-38(21-28-33-12-13-34-28)22-29-35-14-15-36-29/h6-9,12-15,27H,5,10-11,16-24H2,1-4H3,(H,33,34)(H,35,36)/t27-/m1/s1. The van der Waals surface area contributed by atoms with Crippen molar-refractivity contribution in [1.29, 1.82) is 0 Å². The molecule has 0 aliphatic carbocycles. The second kappa shape index (κ2) is 12.9. The molecule has 5 rings (SSSR count). The highest BCUT2D eigenvalue weighted by Gasteiger charge is 2.48. The number of likely N-dealkylation sites (tertiary alicyclic amines) is 2. The molecule has 2 saturated heterocycles. The van der Waals surface area contributed by atoms with E-state index in [0.717, 1.165) is 70.2 Å². The third-order valence-electron chi connectivity index (χ3n) is 8.45. The Hall–Kier alpha value is -3.01. The molecule has 2 aliphatic rings. The summed E-state index contributed by atoms with van der Waals surface area (Å²) in [5.74, 6) is 1.81. The lowest BCUT2D eigenvalue weighted by atomic mass is 9.76. The van der Waals surface area contributed by atoms with Crippen molar-refractivity contribution in [2.45, 2.75) is 79.2 Å². The highest BCUT2D eigenvalue weighted by molar-refractivity contribution is 5.76. The molecule has 2 fully saturated rings. The summed E-state index contributed by atoms with van der Waals surface area (Å²) >= 11 is 0. The monoisotopic (exact) mass is 561 g/mol. The zero-order valence-electron chi connectivity index (χ0n) is 25.2. The fourth-order valence-electron chi connectivity index (χ4n) is 6.60. The molecule has 2 aliphatic heterocycles. The Balaban J connectivity index is 1.23. The van der Waals surface area contributed by atoms with Crippen molar-refractivity contribution < 1.29 is 9.53 Å². The van der Waals surface area contributed by atoms with Gasteiger partial charge in [-0.05, 0) is 61.2 Å². The van der Waals surface area contributed by atoms with Crippen LogP contribution in [0, 0.1) is 10.8 Å². The Morgan fingerprint density at radius 1 is 1.00 bits per heavy atom. The number of H-pyrrole nitrogens is 2. The number of benzene rings is 1. The fourth-order valence-corrected chi connectivity index (χ4v) is 6.60. The normalized spacial score (nSPS) is 19.8. The van der Waals surface area contributed by atoms with Crippen LogP contribution < -0.4 is 0 Å².